The summed E-state index contributed by atoms with van der Waals surface area (Å²) in [5, 5.41) is 2.81. The molecule has 0 radical (unpaired) electrons. The van der Waals surface area contributed by atoms with E-state index in [9.17, 15) is 4.79 Å². The van der Waals surface area contributed by atoms with E-state index in [0.717, 1.165) is 5.82 Å². The Balaban J connectivity index is 2.08. The molecule has 2 heterocycles. The smallest absolute Gasteiger partial charge is 0.272 e. The van der Waals surface area contributed by atoms with Crippen molar-refractivity contribution in [3.05, 3.63) is 42.5 Å². The molecule has 1 unspecified atom stereocenters. The molecule has 0 aromatic carbocycles. The maximum Gasteiger partial charge on any atom is 0.272 e. The van der Waals surface area contributed by atoms with E-state index in [1.807, 2.05) is 24.7 Å². The molecule has 2 aromatic rings. The summed E-state index contributed by atoms with van der Waals surface area (Å²) in [7, 11) is 1.88. The Morgan fingerprint density at radius 3 is 2.76 bits per heavy atom. The molecule has 1 N–H and O–H groups in total. The Kier molecular flexibility index (Phi) is 3.13. The second kappa shape index (κ2) is 4.73. The van der Waals surface area contributed by atoms with Crippen molar-refractivity contribution < 1.29 is 4.79 Å². The maximum absolute atomic E-state index is 11.8. The van der Waals surface area contributed by atoms with Crippen molar-refractivity contribution in [1.82, 2.24) is 24.8 Å². The number of aromatic nitrogens is 4. The molecule has 0 aliphatic rings. The highest BCUT2D eigenvalue weighted by atomic mass is 16.1. The van der Waals surface area contributed by atoms with Crippen LogP contribution >= 0.6 is 0 Å². The molecule has 1 atom stereocenters. The van der Waals surface area contributed by atoms with Gasteiger partial charge < -0.3 is 9.88 Å². The first-order valence-corrected chi connectivity index (χ1v) is 5.22. The Hall–Kier alpha value is -2.24. The van der Waals surface area contributed by atoms with Crippen LogP contribution in [0, 0.1) is 0 Å². The van der Waals surface area contributed by atoms with Crippen LogP contribution in [0.1, 0.15) is 29.3 Å². The molecule has 0 bridgehead atoms. The number of carbonyl (C=O) groups is 1. The van der Waals surface area contributed by atoms with Gasteiger partial charge in [-0.05, 0) is 6.92 Å². The van der Waals surface area contributed by atoms with Crippen molar-refractivity contribution in [3.8, 4) is 0 Å². The molecule has 0 aliphatic heterocycles. The lowest BCUT2D eigenvalue weighted by Gasteiger charge is -2.13. The quantitative estimate of drug-likeness (QED) is 0.844. The number of nitrogens with one attached hydrogen (secondary N) is 1. The summed E-state index contributed by atoms with van der Waals surface area (Å²) in [5.41, 5.74) is 0.300. The summed E-state index contributed by atoms with van der Waals surface area (Å²) in [6, 6.07) is -0.176. The number of rotatable bonds is 3. The fourth-order valence-electron chi connectivity index (χ4n) is 1.55. The van der Waals surface area contributed by atoms with Crippen molar-refractivity contribution in [2.24, 2.45) is 7.05 Å². The van der Waals surface area contributed by atoms with E-state index in [2.05, 4.69) is 20.3 Å². The van der Waals surface area contributed by atoms with Gasteiger partial charge in [0.15, 0.2) is 0 Å². The average Bonchev–Trinajstić information content (AvgIpc) is 2.76. The predicted octanol–water partition coefficient (Wildman–Crippen LogP) is 0.701. The highest BCUT2D eigenvalue weighted by molar-refractivity contribution is 5.92. The molecule has 88 valence electrons. The standard InChI is InChI=1S/C11H13N5O/c1-8(10-14-5-6-16(10)2)15-11(17)9-7-12-3-4-13-9/h3-8H,1-2H3,(H,15,17). The lowest BCUT2D eigenvalue weighted by molar-refractivity contribution is 0.0932. The molecule has 0 aliphatic carbocycles. The molecule has 0 saturated heterocycles. The van der Waals surface area contributed by atoms with E-state index in [4.69, 9.17) is 0 Å². The van der Waals surface area contributed by atoms with E-state index in [-0.39, 0.29) is 11.9 Å². The molecule has 6 nitrogen and oxygen atoms in total. The third kappa shape index (κ3) is 2.47. The van der Waals surface area contributed by atoms with Crippen molar-refractivity contribution in [2.75, 3.05) is 0 Å². The second-order valence-corrected chi connectivity index (χ2v) is 3.68. The van der Waals surface area contributed by atoms with Gasteiger partial charge in [-0.15, -0.1) is 0 Å². The Labute approximate surface area is 98.7 Å². The van der Waals surface area contributed by atoms with Crippen molar-refractivity contribution >= 4 is 5.91 Å². The lowest BCUT2D eigenvalue weighted by Crippen LogP contribution is -2.29. The topological polar surface area (TPSA) is 72.7 Å². The van der Waals surface area contributed by atoms with Gasteiger partial charge in [-0.2, -0.15) is 0 Å². The Morgan fingerprint density at radius 2 is 2.18 bits per heavy atom. The van der Waals surface area contributed by atoms with Crippen molar-refractivity contribution in [3.63, 3.8) is 0 Å². The molecule has 0 saturated carbocycles. The van der Waals surface area contributed by atoms with Crippen LogP contribution in [-0.2, 0) is 7.05 Å². The van der Waals surface area contributed by atoms with Gasteiger partial charge in [-0.1, -0.05) is 0 Å². The molecule has 17 heavy (non-hydrogen) atoms. The fraction of sp³-hybridized carbons (Fsp3) is 0.273. The van der Waals surface area contributed by atoms with Gasteiger partial charge in [-0.3, -0.25) is 9.78 Å². The Bertz CT molecular complexity index is 508. The van der Waals surface area contributed by atoms with Gasteiger partial charge in [0.1, 0.15) is 11.5 Å². The predicted molar refractivity (Wildman–Crippen MR) is 61.1 cm³/mol. The van der Waals surface area contributed by atoms with Crippen LogP contribution in [0.4, 0.5) is 0 Å². The van der Waals surface area contributed by atoms with Gasteiger partial charge in [0, 0.05) is 31.8 Å². The van der Waals surface area contributed by atoms with E-state index in [0.29, 0.717) is 5.69 Å². The third-order valence-electron chi connectivity index (χ3n) is 2.39. The van der Waals surface area contributed by atoms with Crippen LogP contribution in [0.5, 0.6) is 0 Å². The molecular weight excluding hydrogens is 218 g/mol. The average molecular weight is 231 g/mol. The number of nitrogens with zero attached hydrogens (tertiary/aromatic N) is 4. The SMILES string of the molecule is CC(NC(=O)c1cnccn1)c1nccn1C. The molecule has 1 amide bonds. The van der Waals surface area contributed by atoms with Gasteiger partial charge in [0.05, 0.1) is 12.2 Å². The normalized spacial score (nSPS) is 12.1. The molecule has 2 rings (SSSR count). The zero-order chi connectivity index (χ0) is 12.3. The first-order valence-electron chi connectivity index (χ1n) is 5.22. The van der Waals surface area contributed by atoms with Gasteiger partial charge in [0.25, 0.3) is 5.91 Å². The minimum absolute atomic E-state index is 0.176. The number of hydrogen-bond acceptors (Lipinski definition) is 4. The summed E-state index contributed by atoms with van der Waals surface area (Å²) < 4.78 is 1.86. The summed E-state index contributed by atoms with van der Waals surface area (Å²) in [4.78, 5) is 23.8. The second-order valence-electron chi connectivity index (χ2n) is 3.68. The lowest BCUT2D eigenvalue weighted by atomic mass is 10.3. The minimum Gasteiger partial charge on any atom is -0.341 e. The van der Waals surface area contributed by atoms with Crippen molar-refractivity contribution in [2.45, 2.75) is 13.0 Å². The number of amides is 1. The summed E-state index contributed by atoms with van der Waals surface area (Å²) in [6.07, 6.45) is 7.97. The largest absolute Gasteiger partial charge is 0.341 e. The number of imidazole rings is 1. The van der Waals surface area contributed by atoms with E-state index in [1.165, 1.54) is 18.6 Å². The fourth-order valence-corrected chi connectivity index (χ4v) is 1.55. The number of carbonyl (C=O) groups excluding carboxylic acids is 1. The summed E-state index contributed by atoms with van der Waals surface area (Å²) >= 11 is 0. The highest BCUT2D eigenvalue weighted by Crippen LogP contribution is 2.08. The van der Waals surface area contributed by atoms with Crippen LogP contribution in [0.15, 0.2) is 31.0 Å². The van der Waals surface area contributed by atoms with Crippen LogP contribution in [0.25, 0.3) is 0 Å². The van der Waals surface area contributed by atoms with E-state index in [1.54, 1.807) is 6.20 Å². The molecule has 0 fully saturated rings. The van der Waals surface area contributed by atoms with Crippen LogP contribution in [0.3, 0.4) is 0 Å². The maximum atomic E-state index is 11.8. The first kappa shape index (κ1) is 11.3. The van der Waals surface area contributed by atoms with E-state index < -0.39 is 0 Å². The molecule has 2 aromatic heterocycles. The highest BCUT2D eigenvalue weighted by Gasteiger charge is 2.15. The number of hydrogen-bond donors (Lipinski definition) is 1. The zero-order valence-electron chi connectivity index (χ0n) is 9.66. The first-order chi connectivity index (χ1) is 8.18. The monoisotopic (exact) mass is 231 g/mol. The van der Waals surface area contributed by atoms with Crippen LogP contribution < -0.4 is 5.32 Å². The van der Waals surface area contributed by atoms with E-state index >= 15 is 0 Å². The van der Waals surface area contributed by atoms with Crippen LogP contribution in [-0.4, -0.2) is 25.4 Å². The molecule has 6 heteroatoms. The number of aryl methyl sites for hydroxylation is 1. The van der Waals surface area contributed by atoms with Gasteiger partial charge >= 0.3 is 0 Å². The molecular formula is C11H13N5O. The van der Waals surface area contributed by atoms with Crippen LogP contribution in [0.2, 0.25) is 0 Å². The zero-order valence-corrected chi connectivity index (χ0v) is 9.66. The molecule has 0 spiro atoms. The third-order valence-corrected chi connectivity index (χ3v) is 2.39. The summed E-state index contributed by atoms with van der Waals surface area (Å²) in [5.74, 6) is 0.538. The van der Waals surface area contributed by atoms with Gasteiger partial charge in [0.2, 0.25) is 0 Å². The summed E-state index contributed by atoms with van der Waals surface area (Å²) in [6.45, 7) is 1.87. The minimum atomic E-state index is -0.256. The van der Waals surface area contributed by atoms with Gasteiger partial charge in [-0.25, -0.2) is 9.97 Å². The van der Waals surface area contributed by atoms with Crippen molar-refractivity contribution in [1.29, 1.82) is 0 Å². The Morgan fingerprint density at radius 1 is 1.35 bits per heavy atom.